The second-order valence-electron chi connectivity index (χ2n) is 8.91. The number of carbonyl (C=O) groups is 1. The molecule has 2 saturated carbocycles. The molecule has 1 aromatic rings. The summed E-state index contributed by atoms with van der Waals surface area (Å²) < 4.78 is 40.0. The number of nitrogens with zero attached hydrogens (tertiary/aromatic N) is 2. The van der Waals surface area contributed by atoms with Crippen molar-refractivity contribution in [2.24, 2.45) is 0 Å². The van der Waals surface area contributed by atoms with Crippen LogP contribution >= 0.6 is 0 Å². The average Bonchev–Trinajstić information content (AvgIpc) is 3.54. The van der Waals surface area contributed by atoms with Gasteiger partial charge >= 0.3 is 0 Å². The first-order valence-electron chi connectivity index (χ1n) is 11.0. The van der Waals surface area contributed by atoms with Gasteiger partial charge in [0.05, 0.1) is 24.0 Å². The van der Waals surface area contributed by atoms with E-state index >= 15 is 0 Å². The highest BCUT2D eigenvalue weighted by Gasteiger charge is 2.44. The number of nitrogens with one attached hydrogen (secondary N) is 1. The van der Waals surface area contributed by atoms with Crippen molar-refractivity contribution in [3.05, 3.63) is 23.9 Å². The SMILES string of the molecule is O=C1COc2ncccc2C2CCC(CC2)OC[C@H]2[C@@H](NS(=O)(=O)C3CC3)CCN12. The van der Waals surface area contributed by atoms with E-state index < -0.39 is 10.0 Å². The first kappa shape index (κ1) is 20.2. The van der Waals surface area contributed by atoms with Gasteiger partial charge in [0.25, 0.3) is 5.91 Å². The lowest BCUT2D eigenvalue weighted by atomic mass is 9.83. The number of pyridine rings is 1. The van der Waals surface area contributed by atoms with Gasteiger partial charge in [0, 0.05) is 24.3 Å². The maximum Gasteiger partial charge on any atom is 0.260 e. The monoisotopic (exact) mass is 435 g/mol. The molecule has 3 fully saturated rings. The minimum Gasteiger partial charge on any atom is -0.467 e. The van der Waals surface area contributed by atoms with Crippen molar-refractivity contribution < 1.29 is 22.7 Å². The summed E-state index contributed by atoms with van der Waals surface area (Å²) in [7, 11) is -3.33. The van der Waals surface area contributed by atoms with Crippen LogP contribution in [0.5, 0.6) is 5.88 Å². The molecule has 2 atom stereocenters. The Hall–Kier alpha value is -1.71. The number of sulfonamides is 1. The molecule has 4 heterocycles. The van der Waals surface area contributed by atoms with Gasteiger partial charge in [-0.3, -0.25) is 4.79 Å². The predicted octanol–water partition coefficient (Wildman–Crippen LogP) is 1.57. The molecular weight excluding hydrogens is 406 g/mol. The number of fused-ring (bicyclic) bond motifs is 5. The van der Waals surface area contributed by atoms with Crippen LogP contribution < -0.4 is 9.46 Å². The Kier molecular flexibility index (Phi) is 5.45. The largest absolute Gasteiger partial charge is 0.467 e. The molecule has 0 aromatic carbocycles. The molecule has 0 spiro atoms. The zero-order valence-corrected chi connectivity index (χ0v) is 17.9. The highest BCUT2D eigenvalue weighted by Crippen LogP contribution is 2.38. The maximum absolute atomic E-state index is 13.0. The molecule has 1 amide bonds. The van der Waals surface area contributed by atoms with Crippen LogP contribution in [0.4, 0.5) is 0 Å². The van der Waals surface area contributed by atoms with Crippen molar-refractivity contribution in [2.75, 3.05) is 19.8 Å². The van der Waals surface area contributed by atoms with Gasteiger partial charge in [-0.15, -0.1) is 0 Å². The van der Waals surface area contributed by atoms with Crippen molar-refractivity contribution >= 4 is 15.9 Å². The van der Waals surface area contributed by atoms with Gasteiger partial charge in [-0.1, -0.05) is 6.07 Å². The third kappa shape index (κ3) is 4.07. The van der Waals surface area contributed by atoms with Gasteiger partial charge in [0.1, 0.15) is 0 Å². The second-order valence-corrected chi connectivity index (χ2v) is 10.9. The fourth-order valence-electron chi connectivity index (χ4n) is 5.02. The fraction of sp³-hybridized carbons (Fsp3) is 0.714. The predicted molar refractivity (Wildman–Crippen MR) is 110 cm³/mol. The van der Waals surface area contributed by atoms with Gasteiger partial charge in [0.2, 0.25) is 15.9 Å². The van der Waals surface area contributed by atoms with Crippen molar-refractivity contribution in [1.29, 1.82) is 0 Å². The minimum absolute atomic E-state index is 0.0985. The molecule has 3 aliphatic heterocycles. The van der Waals surface area contributed by atoms with Crippen LogP contribution in [-0.4, -0.2) is 67.4 Å². The molecule has 0 radical (unpaired) electrons. The fourth-order valence-corrected chi connectivity index (χ4v) is 6.66. The first-order valence-corrected chi connectivity index (χ1v) is 12.6. The van der Waals surface area contributed by atoms with E-state index in [1.807, 2.05) is 12.1 Å². The Labute approximate surface area is 177 Å². The Bertz CT molecular complexity index is 896. The summed E-state index contributed by atoms with van der Waals surface area (Å²) in [5, 5.41) is -0.279. The molecule has 1 N–H and O–H groups in total. The Morgan fingerprint density at radius 3 is 2.67 bits per heavy atom. The molecule has 6 rings (SSSR count). The summed E-state index contributed by atoms with van der Waals surface area (Å²) in [5.41, 5.74) is 1.07. The lowest BCUT2D eigenvalue weighted by Crippen LogP contribution is -2.51. The van der Waals surface area contributed by atoms with Crippen LogP contribution in [0.15, 0.2) is 18.3 Å². The van der Waals surface area contributed by atoms with E-state index in [9.17, 15) is 13.2 Å². The standard InChI is InChI=1S/C21H29N3O5S/c25-20-13-29-21-17(2-1-10-22-21)14-3-5-15(6-4-14)28-12-19-18(9-11-24(19)20)23-30(26,27)16-7-8-16/h1-2,10,14-16,18-19,23H,3-9,11-13H2/t14?,15?,18-,19-/m0/s1. The second kappa shape index (κ2) is 8.09. The molecule has 0 unspecified atom stereocenters. The van der Waals surface area contributed by atoms with Crippen LogP contribution in [0.1, 0.15) is 56.4 Å². The topological polar surface area (TPSA) is 97.8 Å². The van der Waals surface area contributed by atoms with Crippen LogP contribution in [0.25, 0.3) is 0 Å². The van der Waals surface area contributed by atoms with Crippen LogP contribution in [-0.2, 0) is 19.6 Å². The Morgan fingerprint density at radius 1 is 1.10 bits per heavy atom. The zero-order valence-electron chi connectivity index (χ0n) is 17.0. The first-order chi connectivity index (χ1) is 14.5. The maximum atomic E-state index is 13.0. The summed E-state index contributed by atoms with van der Waals surface area (Å²) >= 11 is 0. The van der Waals surface area contributed by atoms with Crippen molar-refractivity contribution in [1.82, 2.24) is 14.6 Å². The summed E-state index contributed by atoms with van der Waals surface area (Å²) in [6.45, 7) is 0.749. The highest BCUT2D eigenvalue weighted by atomic mass is 32.2. The van der Waals surface area contributed by atoms with E-state index in [-0.39, 0.29) is 36.0 Å². The number of rotatable bonds is 3. The van der Waals surface area contributed by atoms with Gasteiger partial charge < -0.3 is 14.4 Å². The molecule has 1 saturated heterocycles. The number of carbonyl (C=O) groups excluding carboxylic acids is 1. The highest BCUT2D eigenvalue weighted by molar-refractivity contribution is 7.90. The molecule has 1 aromatic heterocycles. The van der Waals surface area contributed by atoms with E-state index in [1.165, 1.54) is 0 Å². The number of amides is 1. The van der Waals surface area contributed by atoms with Gasteiger partial charge in [0.15, 0.2) is 6.61 Å². The summed E-state index contributed by atoms with van der Waals surface area (Å²) in [4.78, 5) is 19.1. The molecule has 164 valence electrons. The molecule has 2 aliphatic carbocycles. The summed E-state index contributed by atoms with van der Waals surface area (Å²) in [6.07, 6.45) is 7.73. The lowest BCUT2D eigenvalue weighted by Gasteiger charge is -2.32. The average molecular weight is 436 g/mol. The normalized spacial score (nSPS) is 32.4. The smallest absolute Gasteiger partial charge is 0.260 e. The van der Waals surface area contributed by atoms with Gasteiger partial charge in [-0.05, 0) is 56.9 Å². The minimum atomic E-state index is -3.33. The van der Waals surface area contributed by atoms with E-state index in [2.05, 4.69) is 9.71 Å². The number of hydrogen-bond acceptors (Lipinski definition) is 6. The Balaban J connectivity index is 1.38. The lowest BCUT2D eigenvalue weighted by molar-refractivity contribution is -0.136. The zero-order chi connectivity index (χ0) is 20.7. The molecule has 5 aliphatic rings. The van der Waals surface area contributed by atoms with E-state index in [0.717, 1.165) is 44.1 Å². The van der Waals surface area contributed by atoms with Crippen LogP contribution in [0.3, 0.4) is 0 Å². The van der Waals surface area contributed by atoms with Crippen LogP contribution in [0.2, 0.25) is 0 Å². The number of aromatic nitrogens is 1. The van der Waals surface area contributed by atoms with Crippen molar-refractivity contribution in [2.45, 2.75) is 74.3 Å². The van der Waals surface area contributed by atoms with Crippen molar-refractivity contribution in [3.63, 3.8) is 0 Å². The summed E-state index contributed by atoms with van der Waals surface area (Å²) in [5.74, 6) is 0.749. The molecule has 8 nitrogen and oxygen atoms in total. The third-order valence-corrected chi connectivity index (χ3v) is 8.88. The molecule has 9 heteroatoms. The third-order valence-electron chi connectivity index (χ3n) is 6.89. The van der Waals surface area contributed by atoms with Crippen molar-refractivity contribution in [3.8, 4) is 5.88 Å². The van der Waals surface area contributed by atoms with E-state index in [1.54, 1.807) is 11.1 Å². The molecule has 30 heavy (non-hydrogen) atoms. The van der Waals surface area contributed by atoms with Gasteiger partial charge in [-0.25, -0.2) is 18.1 Å². The number of ether oxygens (including phenoxy) is 2. The number of hydrogen-bond donors (Lipinski definition) is 1. The molecule has 2 bridgehead atoms. The summed E-state index contributed by atoms with van der Waals surface area (Å²) in [6, 6.07) is 3.33. The van der Waals surface area contributed by atoms with Gasteiger partial charge in [-0.2, -0.15) is 0 Å². The Morgan fingerprint density at radius 2 is 1.90 bits per heavy atom. The van der Waals surface area contributed by atoms with E-state index in [0.29, 0.717) is 31.4 Å². The van der Waals surface area contributed by atoms with E-state index in [4.69, 9.17) is 9.47 Å². The quantitative estimate of drug-likeness (QED) is 0.774. The molecular formula is C21H29N3O5S. The van der Waals surface area contributed by atoms with Crippen LogP contribution in [0, 0.1) is 0 Å².